The first-order valence-corrected chi connectivity index (χ1v) is 8.63. The zero-order chi connectivity index (χ0) is 16.5. The van der Waals surface area contributed by atoms with Gasteiger partial charge in [0.05, 0.1) is 6.26 Å². The molecule has 0 saturated carbocycles. The smallest absolute Gasteiger partial charge is 0.137 e. The molecule has 0 spiro atoms. The van der Waals surface area contributed by atoms with E-state index in [0.717, 1.165) is 37.0 Å². The Hall–Kier alpha value is -2.13. The third kappa shape index (κ3) is 2.96. The molecule has 24 heavy (non-hydrogen) atoms. The second kappa shape index (κ2) is 6.40. The predicted octanol–water partition coefficient (Wildman–Crippen LogP) is 5.20. The molecule has 0 amide bonds. The van der Waals surface area contributed by atoms with Crippen molar-refractivity contribution >= 4 is 11.0 Å². The van der Waals surface area contributed by atoms with Crippen molar-refractivity contribution < 1.29 is 8.81 Å². The minimum Gasteiger partial charge on any atom is -0.464 e. The molecular formula is C21H22FNO. The van der Waals surface area contributed by atoms with Gasteiger partial charge in [-0.2, -0.15) is 0 Å². The second-order valence-corrected chi connectivity index (χ2v) is 6.92. The summed E-state index contributed by atoms with van der Waals surface area (Å²) in [7, 11) is 0. The number of furan rings is 1. The maximum absolute atomic E-state index is 14.0. The number of hydrogen-bond donors (Lipinski definition) is 0. The van der Waals surface area contributed by atoms with Crippen LogP contribution in [0.25, 0.3) is 11.0 Å². The molecule has 2 nitrogen and oxygen atoms in total. The van der Waals surface area contributed by atoms with Crippen molar-refractivity contribution in [1.29, 1.82) is 0 Å². The highest BCUT2D eigenvalue weighted by molar-refractivity contribution is 5.81. The van der Waals surface area contributed by atoms with Crippen LogP contribution in [-0.4, -0.2) is 18.0 Å². The fourth-order valence-corrected chi connectivity index (χ4v) is 4.05. The molecule has 124 valence electrons. The van der Waals surface area contributed by atoms with E-state index in [4.69, 9.17) is 4.42 Å². The maximum atomic E-state index is 14.0. The Balaban J connectivity index is 1.53. The van der Waals surface area contributed by atoms with Gasteiger partial charge in [-0.05, 0) is 48.1 Å². The van der Waals surface area contributed by atoms with E-state index in [-0.39, 0.29) is 5.82 Å². The minimum atomic E-state index is -0.202. The van der Waals surface area contributed by atoms with Gasteiger partial charge in [-0.15, -0.1) is 0 Å². The Bertz CT molecular complexity index is 826. The Kier molecular flexibility index (Phi) is 4.11. The van der Waals surface area contributed by atoms with E-state index in [2.05, 4.69) is 42.2 Å². The fourth-order valence-electron chi connectivity index (χ4n) is 4.05. The Morgan fingerprint density at radius 3 is 2.79 bits per heavy atom. The van der Waals surface area contributed by atoms with Crippen LogP contribution in [0.3, 0.4) is 0 Å². The number of likely N-dealkylation sites (tertiary alicyclic amines) is 1. The lowest BCUT2D eigenvalue weighted by Crippen LogP contribution is -2.37. The van der Waals surface area contributed by atoms with Crippen molar-refractivity contribution in [3.8, 4) is 0 Å². The van der Waals surface area contributed by atoms with Crippen LogP contribution >= 0.6 is 0 Å². The maximum Gasteiger partial charge on any atom is 0.137 e. The molecule has 0 aliphatic carbocycles. The molecule has 3 heteroatoms. The van der Waals surface area contributed by atoms with E-state index in [1.807, 2.05) is 6.07 Å². The van der Waals surface area contributed by atoms with Crippen molar-refractivity contribution in [3.05, 3.63) is 71.7 Å². The Morgan fingerprint density at radius 1 is 1.17 bits per heavy atom. The van der Waals surface area contributed by atoms with Crippen LogP contribution in [0.2, 0.25) is 0 Å². The number of halogens is 1. The zero-order valence-electron chi connectivity index (χ0n) is 13.9. The van der Waals surface area contributed by atoms with Crippen LogP contribution < -0.4 is 0 Å². The molecule has 4 rings (SSSR count). The van der Waals surface area contributed by atoms with Gasteiger partial charge in [0.1, 0.15) is 11.4 Å². The lowest BCUT2D eigenvalue weighted by Gasteiger charge is -2.37. The van der Waals surface area contributed by atoms with Gasteiger partial charge in [-0.3, -0.25) is 4.90 Å². The van der Waals surface area contributed by atoms with E-state index in [1.54, 1.807) is 12.3 Å². The third-order valence-electron chi connectivity index (χ3n) is 5.21. The predicted molar refractivity (Wildman–Crippen MR) is 94.4 cm³/mol. The molecule has 1 aliphatic rings. The van der Waals surface area contributed by atoms with Gasteiger partial charge in [0.2, 0.25) is 0 Å². The summed E-state index contributed by atoms with van der Waals surface area (Å²) in [4.78, 5) is 2.50. The lowest BCUT2D eigenvalue weighted by atomic mass is 9.80. The largest absolute Gasteiger partial charge is 0.464 e. The molecule has 1 saturated heterocycles. The molecular weight excluding hydrogens is 301 g/mol. The number of benzene rings is 2. The third-order valence-corrected chi connectivity index (χ3v) is 5.21. The first kappa shape index (κ1) is 15.4. The van der Waals surface area contributed by atoms with E-state index in [9.17, 15) is 4.39 Å². The monoisotopic (exact) mass is 323 g/mol. The first-order valence-electron chi connectivity index (χ1n) is 8.63. The van der Waals surface area contributed by atoms with Gasteiger partial charge >= 0.3 is 0 Å². The Morgan fingerprint density at radius 2 is 2.00 bits per heavy atom. The van der Waals surface area contributed by atoms with Gasteiger partial charge in [-0.1, -0.05) is 37.3 Å². The SMILES string of the molecule is C[C@H]1CN(Cc2ccccc2)CC[C@H]1c1cc(F)cc2occc12. The van der Waals surface area contributed by atoms with Gasteiger partial charge in [0.15, 0.2) is 0 Å². The van der Waals surface area contributed by atoms with Crippen molar-refractivity contribution in [2.75, 3.05) is 13.1 Å². The van der Waals surface area contributed by atoms with Crippen LogP contribution in [-0.2, 0) is 6.54 Å². The summed E-state index contributed by atoms with van der Waals surface area (Å²) in [6.45, 7) is 5.34. The number of hydrogen-bond acceptors (Lipinski definition) is 2. The topological polar surface area (TPSA) is 16.4 Å². The molecule has 1 fully saturated rings. The number of fused-ring (bicyclic) bond motifs is 1. The van der Waals surface area contributed by atoms with Gasteiger partial charge in [0.25, 0.3) is 0 Å². The lowest BCUT2D eigenvalue weighted by molar-refractivity contribution is 0.156. The molecule has 2 heterocycles. The summed E-state index contributed by atoms with van der Waals surface area (Å²) in [6, 6.07) is 15.7. The van der Waals surface area contributed by atoms with E-state index in [0.29, 0.717) is 17.4 Å². The highest BCUT2D eigenvalue weighted by Crippen LogP contribution is 2.37. The summed E-state index contributed by atoms with van der Waals surface area (Å²) in [5, 5.41) is 1.06. The molecule has 0 N–H and O–H groups in total. The highest BCUT2D eigenvalue weighted by Gasteiger charge is 2.29. The van der Waals surface area contributed by atoms with Crippen LogP contribution in [0, 0.1) is 11.7 Å². The van der Waals surface area contributed by atoms with Crippen LogP contribution in [0.1, 0.15) is 30.4 Å². The molecule has 1 aromatic heterocycles. The number of rotatable bonds is 3. The summed E-state index contributed by atoms with van der Waals surface area (Å²) in [5.41, 5.74) is 3.11. The van der Waals surface area contributed by atoms with Crippen molar-refractivity contribution in [1.82, 2.24) is 4.90 Å². The van der Waals surface area contributed by atoms with Gasteiger partial charge < -0.3 is 4.42 Å². The van der Waals surface area contributed by atoms with Crippen LogP contribution in [0.5, 0.6) is 0 Å². The molecule has 2 aromatic carbocycles. The molecule has 1 aliphatic heterocycles. The van der Waals surface area contributed by atoms with Crippen LogP contribution in [0.15, 0.2) is 59.2 Å². The average molecular weight is 323 g/mol. The van der Waals surface area contributed by atoms with E-state index in [1.165, 1.54) is 11.6 Å². The van der Waals surface area contributed by atoms with Crippen molar-refractivity contribution in [2.45, 2.75) is 25.8 Å². The normalized spacial score (nSPS) is 22.1. The molecule has 0 bridgehead atoms. The molecule has 0 radical (unpaired) electrons. The number of piperidine rings is 1. The molecule has 2 atom stereocenters. The Labute approximate surface area is 141 Å². The molecule has 0 unspecified atom stereocenters. The van der Waals surface area contributed by atoms with E-state index >= 15 is 0 Å². The highest BCUT2D eigenvalue weighted by atomic mass is 19.1. The first-order chi connectivity index (χ1) is 11.7. The van der Waals surface area contributed by atoms with Gasteiger partial charge in [0, 0.05) is 24.5 Å². The van der Waals surface area contributed by atoms with E-state index < -0.39 is 0 Å². The minimum absolute atomic E-state index is 0.202. The summed E-state index contributed by atoms with van der Waals surface area (Å²) in [6.07, 6.45) is 2.71. The standard InChI is InChI=1S/C21H22FNO/c1-15-13-23(14-16-5-3-2-4-6-16)9-7-18(15)20-11-17(22)12-21-19(20)8-10-24-21/h2-6,8,10-12,15,18H,7,9,13-14H2,1H3/t15-,18+/m0/s1. The summed E-state index contributed by atoms with van der Waals surface area (Å²) in [5.74, 6) is 0.668. The quantitative estimate of drug-likeness (QED) is 0.659. The van der Waals surface area contributed by atoms with Gasteiger partial charge in [-0.25, -0.2) is 4.39 Å². The molecule has 3 aromatic rings. The number of nitrogens with zero attached hydrogens (tertiary/aromatic N) is 1. The fraction of sp³-hybridized carbons (Fsp3) is 0.333. The van der Waals surface area contributed by atoms with Crippen LogP contribution in [0.4, 0.5) is 4.39 Å². The average Bonchev–Trinajstić information content (AvgIpc) is 3.03. The zero-order valence-corrected chi connectivity index (χ0v) is 13.9. The van der Waals surface area contributed by atoms with Crippen molar-refractivity contribution in [3.63, 3.8) is 0 Å². The summed E-state index contributed by atoms with van der Waals surface area (Å²) < 4.78 is 19.4. The second-order valence-electron chi connectivity index (χ2n) is 6.92. The summed E-state index contributed by atoms with van der Waals surface area (Å²) >= 11 is 0. The van der Waals surface area contributed by atoms with Crippen molar-refractivity contribution in [2.24, 2.45) is 5.92 Å².